The molecule has 0 aliphatic heterocycles. The number of rotatable bonds is 7. The van der Waals surface area contributed by atoms with Crippen LogP contribution in [0.4, 0.5) is 11.4 Å². The third-order valence-electron chi connectivity index (χ3n) is 3.44. The standard InChI is InChI=1S/C18H21ClN2O3/c1-12-5-4-6-13(9-12)21-18(22)7-8-20-15-11-16(23-2)14(19)10-17(15)24-3/h4-6,9-11,20H,7-8H2,1-3H3,(H,21,22). The Kier molecular flexibility index (Phi) is 6.32. The molecule has 0 saturated carbocycles. The van der Waals surface area contributed by atoms with Gasteiger partial charge in [0.25, 0.3) is 0 Å². The molecule has 0 atom stereocenters. The molecule has 0 aromatic heterocycles. The minimum Gasteiger partial charge on any atom is -0.495 e. The van der Waals surface area contributed by atoms with Gasteiger partial charge < -0.3 is 20.1 Å². The number of methoxy groups -OCH3 is 2. The lowest BCUT2D eigenvalue weighted by molar-refractivity contribution is -0.115. The van der Waals surface area contributed by atoms with Gasteiger partial charge in [-0.05, 0) is 24.6 Å². The number of ether oxygens (including phenoxy) is 2. The summed E-state index contributed by atoms with van der Waals surface area (Å²) in [4.78, 5) is 12.0. The van der Waals surface area contributed by atoms with Crippen molar-refractivity contribution in [3.05, 3.63) is 47.0 Å². The predicted octanol–water partition coefficient (Wildman–Crippen LogP) is 4.11. The van der Waals surface area contributed by atoms with Crippen LogP contribution >= 0.6 is 11.6 Å². The molecular formula is C18H21ClN2O3. The zero-order chi connectivity index (χ0) is 17.5. The molecule has 2 aromatic rings. The van der Waals surface area contributed by atoms with Gasteiger partial charge in [-0.15, -0.1) is 0 Å². The van der Waals surface area contributed by atoms with Crippen molar-refractivity contribution < 1.29 is 14.3 Å². The molecule has 6 heteroatoms. The van der Waals surface area contributed by atoms with Gasteiger partial charge in [-0.25, -0.2) is 0 Å². The van der Waals surface area contributed by atoms with Crippen LogP contribution < -0.4 is 20.1 Å². The highest BCUT2D eigenvalue weighted by Gasteiger charge is 2.10. The second-order valence-corrected chi connectivity index (χ2v) is 5.69. The Morgan fingerprint density at radius 3 is 2.54 bits per heavy atom. The van der Waals surface area contributed by atoms with E-state index in [9.17, 15) is 4.79 Å². The number of halogens is 1. The average Bonchev–Trinajstić information content (AvgIpc) is 2.55. The third kappa shape index (κ3) is 4.80. The Balaban J connectivity index is 1.92. The maximum Gasteiger partial charge on any atom is 0.226 e. The van der Waals surface area contributed by atoms with Crippen LogP contribution in [0.1, 0.15) is 12.0 Å². The lowest BCUT2D eigenvalue weighted by atomic mass is 10.2. The summed E-state index contributed by atoms with van der Waals surface area (Å²) < 4.78 is 10.5. The van der Waals surface area contributed by atoms with Crippen LogP contribution in [-0.2, 0) is 4.79 Å². The van der Waals surface area contributed by atoms with Gasteiger partial charge >= 0.3 is 0 Å². The average molecular weight is 349 g/mol. The molecule has 0 heterocycles. The van der Waals surface area contributed by atoms with E-state index < -0.39 is 0 Å². The van der Waals surface area contributed by atoms with Crippen LogP contribution in [0.3, 0.4) is 0 Å². The Morgan fingerprint density at radius 2 is 1.88 bits per heavy atom. The second kappa shape index (κ2) is 8.45. The van der Waals surface area contributed by atoms with Gasteiger partial charge in [-0.1, -0.05) is 23.7 Å². The van der Waals surface area contributed by atoms with Crippen LogP contribution in [0, 0.1) is 6.92 Å². The molecule has 0 saturated heterocycles. The van der Waals surface area contributed by atoms with Crippen molar-refractivity contribution in [2.45, 2.75) is 13.3 Å². The van der Waals surface area contributed by atoms with Crippen LogP contribution in [0.5, 0.6) is 11.5 Å². The Hall–Kier alpha value is -2.40. The minimum atomic E-state index is -0.0620. The second-order valence-electron chi connectivity index (χ2n) is 5.28. The quantitative estimate of drug-likeness (QED) is 0.790. The first-order valence-electron chi connectivity index (χ1n) is 7.55. The SMILES string of the molecule is COc1cc(NCCC(=O)Nc2cccc(C)c2)c(OC)cc1Cl. The number of amides is 1. The first kappa shape index (κ1) is 17.9. The number of benzene rings is 2. The summed E-state index contributed by atoms with van der Waals surface area (Å²) in [5.74, 6) is 1.08. The lowest BCUT2D eigenvalue weighted by Crippen LogP contribution is -2.16. The molecule has 0 spiro atoms. The number of hydrogen-bond acceptors (Lipinski definition) is 4. The topological polar surface area (TPSA) is 59.6 Å². The zero-order valence-electron chi connectivity index (χ0n) is 14.0. The highest BCUT2D eigenvalue weighted by atomic mass is 35.5. The van der Waals surface area contributed by atoms with E-state index in [0.717, 1.165) is 16.9 Å². The van der Waals surface area contributed by atoms with E-state index >= 15 is 0 Å². The van der Waals surface area contributed by atoms with Gasteiger partial charge in [0, 0.05) is 30.8 Å². The maximum absolute atomic E-state index is 12.0. The smallest absolute Gasteiger partial charge is 0.226 e. The molecular weight excluding hydrogens is 328 g/mol. The lowest BCUT2D eigenvalue weighted by Gasteiger charge is -2.14. The molecule has 0 unspecified atom stereocenters. The van der Waals surface area contributed by atoms with Crippen molar-refractivity contribution in [2.75, 3.05) is 31.4 Å². The summed E-state index contributed by atoms with van der Waals surface area (Å²) in [6, 6.07) is 11.1. The number of carbonyl (C=O) groups excluding carboxylic acids is 1. The van der Waals surface area contributed by atoms with Gasteiger partial charge in [0.05, 0.1) is 24.9 Å². The summed E-state index contributed by atoms with van der Waals surface area (Å²) in [5, 5.41) is 6.51. The number of nitrogens with one attached hydrogen (secondary N) is 2. The Bertz CT molecular complexity index is 719. The molecule has 2 rings (SSSR count). The van der Waals surface area contributed by atoms with Crippen molar-refractivity contribution >= 4 is 28.9 Å². The van der Waals surface area contributed by atoms with Crippen molar-refractivity contribution in [2.24, 2.45) is 0 Å². The summed E-state index contributed by atoms with van der Waals surface area (Å²) >= 11 is 6.07. The van der Waals surface area contributed by atoms with Gasteiger partial charge in [0.2, 0.25) is 5.91 Å². The number of anilines is 2. The van der Waals surface area contributed by atoms with Gasteiger partial charge in [0.1, 0.15) is 11.5 Å². The molecule has 2 N–H and O–H groups in total. The van der Waals surface area contributed by atoms with Crippen LogP contribution in [0.25, 0.3) is 0 Å². The summed E-state index contributed by atoms with van der Waals surface area (Å²) in [7, 11) is 3.11. The van der Waals surface area contributed by atoms with Crippen LogP contribution in [0.15, 0.2) is 36.4 Å². The fraction of sp³-hybridized carbons (Fsp3) is 0.278. The number of hydrogen-bond donors (Lipinski definition) is 2. The summed E-state index contributed by atoms with van der Waals surface area (Å²) in [6.07, 6.45) is 0.321. The van der Waals surface area contributed by atoms with Gasteiger partial charge in [0.15, 0.2) is 0 Å². The Morgan fingerprint density at radius 1 is 1.12 bits per heavy atom. The summed E-state index contributed by atoms with van der Waals surface area (Å²) in [5.41, 5.74) is 2.62. The molecule has 5 nitrogen and oxygen atoms in total. The molecule has 0 bridgehead atoms. The van der Waals surface area contributed by atoms with Gasteiger partial charge in [-0.2, -0.15) is 0 Å². The normalized spacial score (nSPS) is 10.2. The first-order valence-corrected chi connectivity index (χ1v) is 7.93. The molecule has 0 fully saturated rings. The molecule has 2 aromatic carbocycles. The Labute approximate surface area is 146 Å². The van der Waals surface area contributed by atoms with Crippen molar-refractivity contribution in [3.63, 3.8) is 0 Å². The number of carbonyl (C=O) groups is 1. The molecule has 24 heavy (non-hydrogen) atoms. The maximum atomic E-state index is 12.0. The fourth-order valence-electron chi connectivity index (χ4n) is 2.26. The minimum absolute atomic E-state index is 0.0620. The highest BCUT2D eigenvalue weighted by molar-refractivity contribution is 6.32. The molecule has 128 valence electrons. The first-order chi connectivity index (χ1) is 11.5. The van der Waals surface area contributed by atoms with Crippen LogP contribution in [0.2, 0.25) is 5.02 Å². The van der Waals surface area contributed by atoms with E-state index in [1.54, 1.807) is 26.4 Å². The third-order valence-corrected chi connectivity index (χ3v) is 3.74. The van der Waals surface area contributed by atoms with E-state index in [0.29, 0.717) is 29.5 Å². The predicted molar refractivity (Wildman–Crippen MR) is 97.5 cm³/mol. The molecule has 0 radical (unpaired) electrons. The van der Waals surface area contributed by atoms with Crippen molar-refractivity contribution in [1.82, 2.24) is 0 Å². The fourth-order valence-corrected chi connectivity index (χ4v) is 2.49. The van der Waals surface area contributed by atoms with Crippen molar-refractivity contribution in [3.8, 4) is 11.5 Å². The van der Waals surface area contributed by atoms with Gasteiger partial charge in [-0.3, -0.25) is 4.79 Å². The van der Waals surface area contributed by atoms with E-state index in [1.807, 2.05) is 31.2 Å². The highest BCUT2D eigenvalue weighted by Crippen LogP contribution is 2.35. The molecule has 0 aliphatic rings. The monoisotopic (exact) mass is 348 g/mol. The zero-order valence-corrected chi connectivity index (χ0v) is 14.7. The molecule has 1 amide bonds. The van der Waals surface area contributed by atoms with Crippen molar-refractivity contribution in [1.29, 1.82) is 0 Å². The number of aryl methyl sites for hydroxylation is 1. The largest absolute Gasteiger partial charge is 0.495 e. The van der Waals surface area contributed by atoms with E-state index in [4.69, 9.17) is 21.1 Å². The van der Waals surface area contributed by atoms with E-state index in [2.05, 4.69) is 10.6 Å². The van der Waals surface area contributed by atoms with E-state index in [1.165, 1.54) is 0 Å². The van der Waals surface area contributed by atoms with Crippen LogP contribution in [-0.4, -0.2) is 26.7 Å². The summed E-state index contributed by atoms with van der Waals surface area (Å²) in [6.45, 7) is 2.44. The van der Waals surface area contributed by atoms with E-state index in [-0.39, 0.29) is 5.91 Å². The molecule has 0 aliphatic carbocycles.